The van der Waals surface area contributed by atoms with Gasteiger partial charge in [-0.25, -0.2) is 9.78 Å². The topological polar surface area (TPSA) is 108 Å². The van der Waals surface area contributed by atoms with Gasteiger partial charge in [0.15, 0.2) is 5.69 Å². The minimum atomic E-state index is -1.15. The molecule has 0 bridgehead atoms. The summed E-state index contributed by atoms with van der Waals surface area (Å²) >= 11 is 0. The number of carbonyl (C=O) groups excluding carboxylic acids is 1. The van der Waals surface area contributed by atoms with Crippen molar-refractivity contribution in [2.24, 2.45) is 0 Å². The number of carboxylic acids is 1. The van der Waals surface area contributed by atoms with Crippen molar-refractivity contribution < 1.29 is 14.7 Å². The molecule has 2 heterocycles. The van der Waals surface area contributed by atoms with Crippen molar-refractivity contribution in [1.29, 1.82) is 0 Å². The molecule has 92 valence electrons. The Morgan fingerprint density at radius 1 is 1.33 bits per heavy atom. The Morgan fingerprint density at radius 3 is 2.72 bits per heavy atom. The van der Waals surface area contributed by atoms with E-state index in [1.54, 1.807) is 13.0 Å². The van der Waals surface area contributed by atoms with E-state index in [0.29, 0.717) is 5.69 Å². The summed E-state index contributed by atoms with van der Waals surface area (Å²) in [5.74, 6) is -1.57. The lowest BCUT2D eigenvalue weighted by molar-refractivity contribution is 0.0690. The summed E-state index contributed by atoms with van der Waals surface area (Å²) in [4.78, 5) is 26.1. The highest BCUT2D eigenvalue weighted by Crippen LogP contribution is 2.10. The molecule has 2 aromatic rings. The van der Waals surface area contributed by atoms with E-state index in [1.807, 2.05) is 0 Å². The van der Waals surface area contributed by atoms with Crippen LogP contribution in [-0.4, -0.2) is 32.2 Å². The van der Waals surface area contributed by atoms with Crippen LogP contribution < -0.4 is 5.32 Å². The Kier molecular flexibility index (Phi) is 3.05. The summed E-state index contributed by atoms with van der Waals surface area (Å²) < 4.78 is 0. The third-order valence-electron chi connectivity index (χ3n) is 2.18. The van der Waals surface area contributed by atoms with Gasteiger partial charge in [-0.15, -0.1) is 0 Å². The first-order chi connectivity index (χ1) is 8.56. The predicted octanol–water partition coefficient (Wildman–Crippen LogP) is 1.06. The van der Waals surface area contributed by atoms with E-state index < -0.39 is 11.9 Å². The minimum Gasteiger partial charge on any atom is -0.477 e. The normalized spacial score (nSPS) is 10.1. The van der Waals surface area contributed by atoms with E-state index in [-0.39, 0.29) is 11.4 Å². The zero-order chi connectivity index (χ0) is 13.1. The minimum absolute atomic E-state index is 0.133. The number of rotatable bonds is 3. The van der Waals surface area contributed by atoms with E-state index in [4.69, 9.17) is 5.11 Å². The number of anilines is 1. The molecule has 7 nitrogen and oxygen atoms in total. The molecule has 2 aromatic heterocycles. The molecular formula is C11H10N4O3. The molecule has 0 aromatic carbocycles. The molecule has 0 atom stereocenters. The third kappa shape index (κ3) is 2.51. The van der Waals surface area contributed by atoms with Gasteiger partial charge in [0.05, 0.1) is 0 Å². The second-order valence-corrected chi connectivity index (χ2v) is 3.63. The van der Waals surface area contributed by atoms with Gasteiger partial charge >= 0.3 is 5.97 Å². The number of aromatic nitrogens is 3. The van der Waals surface area contributed by atoms with Crippen LogP contribution in [0.5, 0.6) is 0 Å². The van der Waals surface area contributed by atoms with Crippen LogP contribution in [0.15, 0.2) is 24.4 Å². The number of aryl methyl sites for hydroxylation is 1. The van der Waals surface area contributed by atoms with Crippen molar-refractivity contribution in [1.82, 2.24) is 15.2 Å². The summed E-state index contributed by atoms with van der Waals surface area (Å²) in [5.41, 5.74) is 1.22. The van der Waals surface area contributed by atoms with Crippen molar-refractivity contribution in [3.05, 3.63) is 41.5 Å². The lowest BCUT2D eigenvalue weighted by Gasteiger charge is -2.03. The quantitative estimate of drug-likeness (QED) is 0.750. The van der Waals surface area contributed by atoms with E-state index in [0.717, 1.165) is 5.69 Å². The highest BCUT2D eigenvalue weighted by molar-refractivity contribution is 6.03. The number of nitrogens with zero attached hydrogens (tertiary/aromatic N) is 2. The van der Waals surface area contributed by atoms with E-state index >= 15 is 0 Å². The zero-order valence-electron chi connectivity index (χ0n) is 9.47. The third-order valence-corrected chi connectivity index (χ3v) is 2.18. The molecule has 0 fully saturated rings. The average molecular weight is 246 g/mol. The second kappa shape index (κ2) is 4.66. The van der Waals surface area contributed by atoms with Crippen molar-refractivity contribution in [3.63, 3.8) is 0 Å². The van der Waals surface area contributed by atoms with Crippen molar-refractivity contribution in [2.75, 3.05) is 5.32 Å². The molecule has 0 radical (unpaired) electrons. The van der Waals surface area contributed by atoms with Gasteiger partial charge in [-0.3, -0.25) is 9.89 Å². The number of carboxylic acid groups (broad SMARTS) is 1. The molecule has 3 N–H and O–H groups in total. The van der Waals surface area contributed by atoms with Gasteiger partial charge < -0.3 is 10.4 Å². The molecule has 18 heavy (non-hydrogen) atoms. The first-order valence-corrected chi connectivity index (χ1v) is 5.09. The van der Waals surface area contributed by atoms with Crippen LogP contribution in [0.2, 0.25) is 0 Å². The maximum absolute atomic E-state index is 11.7. The highest BCUT2D eigenvalue weighted by atomic mass is 16.4. The predicted molar refractivity (Wildman–Crippen MR) is 62.5 cm³/mol. The van der Waals surface area contributed by atoms with E-state index in [2.05, 4.69) is 20.5 Å². The molecule has 0 unspecified atom stereocenters. The fourth-order valence-corrected chi connectivity index (χ4v) is 1.35. The summed E-state index contributed by atoms with van der Waals surface area (Å²) in [6.07, 6.45) is 1.31. The van der Waals surface area contributed by atoms with Gasteiger partial charge in [0.2, 0.25) is 0 Å². The molecule has 1 amide bonds. The monoisotopic (exact) mass is 246 g/mol. The van der Waals surface area contributed by atoms with Gasteiger partial charge in [-0.2, -0.15) is 5.10 Å². The number of hydrogen-bond acceptors (Lipinski definition) is 4. The number of amides is 1. The Labute approximate surface area is 102 Å². The van der Waals surface area contributed by atoms with Gasteiger partial charge in [-0.1, -0.05) is 0 Å². The van der Waals surface area contributed by atoms with Crippen molar-refractivity contribution in [3.8, 4) is 0 Å². The number of aromatic amines is 1. The SMILES string of the molecule is Cc1cc(C(=O)Nc2ccnc(C(=O)O)c2)n[nH]1. The van der Waals surface area contributed by atoms with Crippen LogP contribution in [-0.2, 0) is 0 Å². The molecular weight excluding hydrogens is 236 g/mol. The first kappa shape index (κ1) is 11.8. The Bertz CT molecular complexity index is 606. The number of carbonyl (C=O) groups is 2. The fraction of sp³-hybridized carbons (Fsp3) is 0.0909. The zero-order valence-corrected chi connectivity index (χ0v) is 9.47. The molecule has 0 aliphatic rings. The van der Waals surface area contributed by atoms with Crippen LogP contribution in [0.3, 0.4) is 0 Å². The Hall–Kier alpha value is -2.70. The van der Waals surface area contributed by atoms with Gasteiger partial charge in [0.25, 0.3) is 5.91 Å². The average Bonchev–Trinajstić information content (AvgIpc) is 2.76. The molecule has 0 saturated carbocycles. The Balaban J connectivity index is 2.16. The van der Waals surface area contributed by atoms with Gasteiger partial charge in [0.1, 0.15) is 5.69 Å². The van der Waals surface area contributed by atoms with Crippen LogP contribution in [0.25, 0.3) is 0 Å². The van der Waals surface area contributed by atoms with Crippen LogP contribution >= 0.6 is 0 Å². The summed E-state index contributed by atoms with van der Waals surface area (Å²) in [5, 5.41) is 17.8. The maximum Gasteiger partial charge on any atom is 0.354 e. The van der Waals surface area contributed by atoms with Crippen LogP contribution in [0.4, 0.5) is 5.69 Å². The standard InChI is InChI=1S/C11H10N4O3/c1-6-4-8(15-14-6)10(16)13-7-2-3-12-9(5-7)11(17)18/h2-5H,1H3,(H,14,15)(H,17,18)(H,12,13,16). The lowest BCUT2D eigenvalue weighted by Crippen LogP contribution is -2.13. The number of nitrogens with one attached hydrogen (secondary N) is 2. The molecule has 0 spiro atoms. The molecule has 2 rings (SSSR count). The Morgan fingerprint density at radius 2 is 2.11 bits per heavy atom. The van der Waals surface area contributed by atoms with E-state index in [1.165, 1.54) is 18.3 Å². The first-order valence-electron chi connectivity index (χ1n) is 5.09. The largest absolute Gasteiger partial charge is 0.477 e. The summed E-state index contributed by atoms with van der Waals surface area (Å²) in [6.45, 7) is 1.78. The van der Waals surface area contributed by atoms with E-state index in [9.17, 15) is 9.59 Å². The fourth-order valence-electron chi connectivity index (χ4n) is 1.35. The molecule has 0 aliphatic heterocycles. The van der Waals surface area contributed by atoms with Crippen LogP contribution in [0.1, 0.15) is 26.7 Å². The van der Waals surface area contributed by atoms with Gasteiger partial charge in [0, 0.05) is 17.6 Å². The summed E-state index contributed by atoms with van der Waals surface area (Å²) in [6, 6.07) is 4.37. The maximum atomic E-state index is 11.7. The molecule has 0 aliphatic carbocycles. The smallest absolute Gasteiger partial charge is 0.354 e. The number of aromatic carboxylic acids is 1. The number of pyridine rings is 1. The second-order valence-electron chi connectivity index (χ2n) is 3.63. The highest BCUT2D eigenvalue weighted by Gasteiger charge is 2.11. The van der Waals surface area contributed by atoms with Crippen molar-refractivity contribution >= 4 is 17.6 Å². The van der Waals surface area contributed by atoms with Crippen molar-refractivity contribution in [2.45, 2.75) is 6.92 Å². The van der Waals surface area contributed by atoms with Crippen LogP contribution in [0, 0.1) is 6.92 Å². The molecule has 7 heteroatoms. The summed E-state index contributed by atoms with van der Waals surface area (Å²) in [7, 11) is 0. The number of H-pyrrole nitrogens is 1. The van der Waals surface area contributed by atoms with Gasteiger partial charge in [-0.05, 0) is 25.1 Å². The molecule has 0 saturated heterocycles. The number of hydrogen-bond donors (Lipinski definition) is 3. The lowest BCUT2D eigenvalue weighted by atomic mass is 10.3.